The van der Waals surface area contributed by atoms with Crippen LogP contribution < -0.4 is 10.6 Å². The number of benzene rings is 1. The molecule has 0 aromatic heterocycles. The van der Waals surface area contributed by atoms with Crippen LogP contribution in [-0.2, 0) is 5.75 Å². The highest BCUT2D eigenvalue weighted by atomic mass is 32.2. The van der Waals surface area contributed by atoms with Gasteiger partial charge in [0.1, 0.15) is 0 Å². The lowest BCUT2D eigenvalue weighted by atomic mass is 10.1. The molecule has 0 fully saturated rings. The zero-order chi connectivity index (χ0) is 14.3. The predicted molar refractivity (Wildman–Crippen MR) is 81.7 cm³/mol. The molecule has 106 valence electrons. The van der Waals surface area contributed by atoms with Crippen LogP contribution >= 0.6 is 11.8 Å². The van der Waals surface area contributed by atoms with Crippen molar-refractivity contribution >= 4 is 23.5 Å². The number of rotatable bonds is 6. The van der Waals surface area contributed by atoms with Crippen molar-refractivity contribution in [2.75, 3.05) is 18.5 Å². The summed E-state index contributed by atoms with van der Waals surface area (Å²) in [5.74, 6) is 0.942. The lowest BCUT2D eigenvalue weighted by Crippen LogP contribution is -2.31. The Hall–Kier alpha value is -1.20. The monoisotopic (exact) mass is 282 g/mol. The van der Waals surface area contributed by atoms with Crippen molar-refractivity contribution in [2.24, 2.45) is 0 Å². The number of thioether (sulfide) groups is 1. The number of nitrogens with one attached hydrogen (secondary N) is 2. The molecule has 0 atom stereocenters. The smallest absolute Gasteiger partial charge is 0.319 e. The second kappa shape index (κ2) is 8.07. The van der Waals surface area contributed by atoms with E-state index in [4.69, 9.17) is 5.11 Å². The third kappa shape index (κ3) is 5.53. The van der Waals surface area contributed by atoms with E-state index >= 15 is 0 Å². The van der Waals surface area contributed by atoms with E-state index in [2.05, 4.69) is 30.5 Å². The summed E-state index contributed by atoms with van der Waals surface area (Å²) < 4.78 is 0. The van der Waals surface area contributed by atoms with E-state index < -0.39 is 0 Å². The van der Waals surface area contributed by atoms with Crippen LogP contribution in [0.4, 0.5) is 10.5 Å². The minimum atomic E-state index is -0.286. The highest BCUT2D eigenvalue weighted by Crippen LogP contribution is 2.24. The minimum Gasteiger partial charge on any atom is -0.395 e. The van der Waals surface area contributed by atoms with Gasteiger partial charge in [-0.2, -0.15) is 11.8 Å². The molecule has 1 aromatic rings. The third-order valence-corrected chi connectivity index (χ3v) is 3.81. The molecule has 0 saturated carbocycles. The Kier molecular flexibility index (Phi) is 6.73. The van der Waals surface area contributed by atoms with Gasteiger partial charge in [0.05, 0.1) is 6.61 Å². The Morgan fingerprint density at radius 3 is 2.79 bits per heavy atom. The quantitative estimate of drug-likeness (QED) is 0.752. The van der Waals surface area contributed by atoms with E-state index in [0.717, 1.165) is 17.0 Å². The summed E-state index contributed by atoms with van der Waals surface area (Å²) >= 11 is 1.88. The van der Waals surface area contributed by atoms with Crippen molar-refractivity contribution < 1.29 is 9.90 Å². The molecule has 0 radical (unpaired) electrons. The molecule has 4 nitrogen and oxygen atoms in total. The Morgan fingerprint density at radius 1 is 1.42 bits per heavy atom. The Morgan fingerprint density at radius 2 is 2.16 bits per heavy atom. The number of hydrogen-bond acceptors (Lipinski definition) is 3. The van der Waals surface area contributed by atoms with Gasteiger partial charge in [-0.3, -0.25) is 0 Å². The Balaban J connectivity index is 2.68. The fraction of sp³-hybridized carbons (Fsp3) is 0.500. The van der Waals surface area contributed by atoms with Crippen molar-refractivity contribution in [3.63, 3.8) is 0 Å². The number of hydrogen-bond donors (Lipinski definition) is 3. The molecule has 1 aromatic carbocycles. The molecular weight excluding hydrogens is 260 g/mol. The highest BCUT2D eigenvalue weighted by molar-refractivity contribution is 7.99. The molecule has 0 spiro atoms. The normalized spacial score (nSPS) is 10.6. The lowest BCUT2D eigenvalue weighted by molar-refractivity contribution is 0.245. The van der Waals surface area contributed by atoms with E-state index in [9.17, 15) is 4.79 Å². The average molecular weight is 282 g/mol. The van der Waals surface area contributed by atoms with Gasteiger partial charge in [-0.1, -0.05) is 26.0 Å². The van der Waals surface area contributed by atoms with Crippen molar-refractivity contribution in [1.82, 2.24) is 5.32 Å². The SMILES string of the molecule is Cc1c(CSC(C)C)cccc1NC(=O)NCCO. The molecule has 0 saturated heterocycles. The van der Waals surface area contributed by atoms with E-state index in [1.54, 1.807) is 0 Å². The Bertz CT molecular complexity index is 422. The number of aliphatic hydroxyl groups is 1. The molecule has 0 aliphatic carbocycles. The average Bonchev–Trinajstić information content (AvgIpc) is 2.37. The van der Waals surface area contributed by atoms with E-state index in [-0.39, 0.29) is 19.2 Å². The predicted octanol–water partition coefficient (Wildman–Crippen LogP) is 2.75. The maximum atomic E-state index is 11.6. The van der Waals surface area contributed by atoms with Crippen LogP contribution in [-0.4, -0.2) is 29.5 Å². The standard InChI is InChI=1S/C14H22N2O2S/c1-10(2)19-9-12-5-4-6-13(11(12)3)16-14(18)15-7-8-17/h4-6,10,17H,7-9H2,1-3H3,(H2,15,16,18). The van der Waals surface area contributed by atoms with Gasteiger partial charge in [-0.05, 0) is 29.4 Å². The zero-order valence-electron chi connectivity index (χ0n) is 11.7. The number of aliphatic hydroxyl groups excluding tert-OH is 1. The molecular formula is C14H22N2O2S. The van der Waals surface area contributed by atoms with Crippen LogP contribution in [0.3, 0.4) is 0 Å². The summed E-state index contributed by atoms with van der Waals surface area (Å²) in [4.78, 5) is 11.6. The van der Waals surface area contributed by atoms with Gasteiger partial charge in [0, 0.05) is 18.0 Å². The first-order valence-electron chi connectivity index (χ1n) is 6.40. The second-order valence-electron chi connectivity index (χ2n) is 4.55. The first kappa shape index (κ1) is 15.9. The number of carbonyl (C=O) groups excluding carboxylic acids is 1. The molecule has 2 amide bonds. The second-order valence-corrected chi connectivity index (χ2v) is 6.12. The van der Waals surface area contributed by atoms with Crippen LogP contribution in [0.5, 0.6) is 0 Å². The molecule has 0 bridgehead atoms. The maximum absolute atomic E-state index is 11.6. The Labute approximate surface area is 119 Å². The topological polar surface area (TPSA) is 61.4 Å². The molecule has 0 heterocycles. The molecule has 0 aliphatic rings. The molecule has 19 heavy (non-hydrogen) atoms. The van der Waals surface area contributed by atoms with Crippen LogP contribution in [0.15, 0.2) is 18.2 Å². The van der Waals surface area contributed by atoms with Gasteiger partial charge in [0.2, 0.25) is 0 Å². The third-order valence-electron chi connectivity index (χ3n) is 2.66. The van der Waals surface area contributed by atoms with Gasteiger partial charge in [-0.25, -0.2) is 4.79 Å². The molecule has 0 aliphatic heterocycles. The van der Waals surface area contributed by atoms with Gasteiger partial charge >= 0.3 is 6.03 Å². The number of amides is 2. The molecule has 5 heteroatoms. The summed E-state index contributed by atoms with van der Waals surface area (Å²) in [7, 11) is 0. The molecule has 0 unspecified atom stereocenters. The zero-order valence-corrected chi connectivity index (χ0v) is 12.5. The van der Waals surface area contributed by atoms with E-state index in [1.807, 2.05) is 30.8 Å². The van der Waals surface area contributed by atoms with Gasteiger partial charge in [0.25, 0.3) is 0 Å². The van der Waals surface area contributed by atoms with Crippen LogP contribution in [0.1, 0.15) is 25.0 Å². The summed E-state index contributed by atoms with van der Waals surface area (Å²) in [6, 6.07) is 5.63. The van der Waals surface area contributed by atoms with E-state index in [0.29, 0.717) is 5.25 Å². The van der Waals surface area contributed by atoms with Crippen molar-refractivity contribution in [2.45, 2.75) is 31.8 Å². The first-order valence-corrected chi connectivity index (χ1v) is 7.45. The first-order chi connectivity index (χ1) is 9.04. The summed E-state index contributed by atoms with van der Waals surface area (Å²) in [6.07, 6.45) is 0. The highest BCUT2D eigenvalue weighted by Gasteiger charge is 2.07. The largest absolute Gasteiger partial charge is 0.395 e. The number of carbonyl (C=O) groups is 1. The number of anilines is 1. The van der Waals surface area contributed by atoms with Gasteiger partial charge < -0.3 is 15.7 Å². The fourth-order valence-electron chi connectivity index (χ4n) is 1.57. The summed E-state index contributed by atoms with van der Waals surface area (Å²) in [6.45, 7) is 6.55. The lowest BCUT2D eigenvalue weighted by Gasteiger charge is -2.13. The van der Waals surface area contributed by atoms with Gasteiger partial charge in [-0.15, -0.1) is 0 Å². The van der Waals surface area contributed by atoms with Gasteiger partial charge in [0.15, 0.2) is 0 Å². The fourth-order valence-corrected chi connectivity index (χ4v) is 2.39. The number of urea groups is 1. The molecule has 3 N–H and O–H groups in total. The minimum absolute atomic E-state index is 0.0581. The van der Waals surface area contributed by atoms with Crippen LogP contribution in [0, 0.1) is 6.92 Å². The van der Waals surface area contributed by atoms with Crippen molar-refractivity contribution in [1.29, 1.82) is 0 Å². The van der Waals surface area contributed by atoms with Crippen LogP contribution in [0.25, 0.3) is 0 Å². The summed E-state index contributed by atoms with van der Waals surface area (Å²) in [5.41, 5.74) is 3.14. The van der Waals surface area contributed by atoms with Crippen molar-refractivity contribution in [3.8, 4) is 0 Å². The molecule has 1 rings (SSSR count). The van der Waals surface area contributed by atoms with Crippen molar-refractivity contribution in [3.05, 3.63) is 29.3 Å². The van der Waals surface area contributed by atoms with Crippen LogP contribution in [0.2, 0.25) is 0 Å². The summed E-state index contributed by atoms with van der Waals surface area (Å²) in [5, 5.41) is 14.6. The maximum Gasteiger partial charge on any atom is 0.319 e. The van der Waals surface area contributed by atoms with E-state index in [1.165, 1.54) is 5.56 Å².